The molecule has 3 nitrogen and oxygen atoms in total. The molecule has 0 saturated heterocycles. The fraction of sp³-hybridized carbons (Fsp3) is 0.550. The molecule has 0 radical (unpaired) electrons. The quantitative estimate of drug-likeness (QED) is 0.540. The number of aromatic hydroxyl groups is 1. The number of rotatable bonds is 9. The van der Waals surface area contributed by atoms with Crippen LogP contribution < -0.4 is 0 Å². The molecule has 1 N–H and O–H groups in total. The van der Waals surface area contributed by atoms with Gasteiger partial charge in [0.1, 0.15) is 12.4 Å². The predicted molar refractivity (Wildman–Crippen MR) is 94.7 cm³/mol. The molecule has 0 fully saturated rings. The van der Waals surface area contributed by atoms with E-state index in [0.29, 0.717) is 30.4 Å². The summed E-state index contributed by atoms with van der Waals surface area (Å²) in [6.07, 6.45) is 4.23. The van der Waals surface area contributed by atoms with Crippen molar-refractivity contribution in [2.24, 2.45) is 11.8 Å². The summed E-state index contributed by atoms with van der Waals surface area (Å²) < 4.78 is 5.02. The minimum absolute atomic E-state index is 0.214. The number of phenolic OH excluding ortho intramolecular Hbond substituents is 1. The molecule has 0 aromatic heterocycles. The number of aryl methyl sites for hydroxylation is 1. The second kappa shape index (κ2) is 9.39. The molecule has 1 aromatic rings. The highest BCUT2D eigenvalue weighted by molar-refractivity contribution is 5.69. The largest absolute Gasteiger partial charge is 0.507 e. The predicted octanol–water partition coefficient (Wildman–Crippen LogP) is 4.45. The lowest BCUT2D eigenvalue weighted by Crippen LogP contribution is -2.07. The minimum Gasteiger partial charge on any atom is -0.507 e. The summed E-state index contributed by atoms with van der Waals surface area (Å²) in [5, 5.41) is 10.5. The number of ether oxygens (including phenoxy) is 1. The molecular formula is C20H30O3. The summed E-state index contributed by atoms with van der Waals surface area (Å²) in [6.45, 7) is 12.3. The van der Waals surface area contributed by atoms with Crippen molar-refractivity contribution in [1.82, 2.24) is 0 Å². The van der Waals surface area contributed by atoms with E-state index in [1.165, 1.54) is 0 Å². The van der Waals surface area contributed by atoms with E-state index >= 15 is 0 Å². The highest BCUT2D eigenvalue weighted by Crippen LogP contribution is 2.29. The first-order valence-corrected chi connectivity index (χ1v) is 8.43. The summed E-state index contributed by atoms with van der Waals surface area (Å²) in [4.78, 5) is 11.6. The van der Waals surface area contributed by atoms with Gasteiger partial charge in [-0.3, -0.25) is 4.79 Å². The molecule has 0 saturated carbocycles. The summed E-state index contributed by atoms with van der Waals surface area (Å²) in [7, 11) is 0. The van der Waals surface area contributed by atoms with E-state index in [2.05, 4.69) is 34.3 Å². The number of hydrogen-bond acceptors (Lipinski definition) is 3. The number of carbonyl (C=O) groups excluding carboxylic acids is 1. The molecule has 0 aliphatic heterocycles. The number of hydrogen-bond donors (Lipinski definition) is 1. The van der Waals surface area contributed by atoms with Crippen LogP contribution in [0.25, 0.3) is 0 Å². The van der Waals surface area contributed by atoms with Gasteiger partial charge < -0.3 is 9.84 Å². The lowest BCUT2D eigenvalue weighted by atomic mass is 9.92. The molecule has 128 valence electrons. The smallest absolute Gasteiger partial charge is 0.306 e. The van der Waals surface area contributed by atoms with Crippen LogP contribution in [0.3, 0.4) is 0 Å². The van der Waals surface area contributed by atoms with Gasteiger partial charge in [0.05, 0.1) is 0 Å². The van der Waals surface area contributed by atoms with Crippen molar-refractivity contribution in [1.29, 1.82) is 0 Å². The van der Waals surface area contributed by atoms with Crippen LogP contribution in [0.15, 0.2) is 24.8 Å². The van der Waals surface area contributed by atoms with Crippen LogP contribution in [0.5, 0.6) is 5.75 Å². The SMILES string of the molecule is C=CCOC(=O)CCc1cc(CC(C)C)c(O)c(CC(C)C)c1. The molecule has 0 aliphatic carbocycles. The third-order valence-electron chi connectivity index (χ3n) is 3.56. The Morgan fingerprint density at radius 2 is 1.70 bits per heavy atom. The molecule has 1 rings (SSSR count). The van der Waals surface area contributed by atoms with E-state index in [-0.39, 0.29) is 12.6 Å². The molecule has 0 bridgehead atoms. The van der Waals surface area contributed by atoms with E-state index in [1.54, 1.807) is 6.08 Å². The first-order chi connectivity index (χ1) is 10.8. The van der Waals surface area contributed by atoms with Crippen molar-refractivity contribution < 1.29 is 14.6 Å². The van der Waals surface area contributed by atoms with Crippen LogP contribution >= 0.6 is 0 Å². The van der Waals surface area contributed by atoms with E-state index < -0.39 is 0 Å². The van der Waals surface area contributed by atoms with E-state index in [9.17, 15) is 9.90 Å². The zero-order valence-electron chi connectivity index (χ0n) is 14.9. The Balaban J connectivity index is 2.92. The van der Waals surface area contributed by atoms with Crippen LogP contribution in [-0.2, 0) is 28.8 Å². The van der Waals surface area contributed by atoms with Gasteiger partial charge in [-0.15, -0.1) is 0 Å². The van der Waals surface area contributed by atoms with Gasteiger partial charge in [0.15, 0.2) is 0 Å². The highest BCUT2D eigenvalue weighted by Gasteiger charge is 2.13. The Bertz CT molecular complexity index is 499. The van der Waals surface area contributed by atoms with Crippen molar-refractivity contribution in [3.8, 4) is 5.75 Å². The molecule has 0 aliphatic rings. The van der Waals surface area contributed by atoms with Gasteiger partial charge in [0, 0.05) is 6.42 Å². The lowest BCUT2D eigenvalue weighted by molar-refractivity contribution is -0.142. The molecule has 0 spiro atoms. The Hall–Kier alpha value is -1.77. The fourth-order valence-electron chi connectivity index (χ4n) is 2.64. The minimum atomic E-state index is -0.214. The molecule has 23 heavy (non-hydrogen) atoms. The number of phenols is 1. The zero-order valence-corrected chi connectivity index (χ0v) is 14.9. The highest BCUT2D eigenvalue weighted by atomic mass is 16.5. The van der Waals surface area contributed by atoms with E-state index in [4.69, 9.17) is 4.74 Å². The Morgan fingerprint density at radius 1 is 1.17 bits per heavy atom. The van der Waals surface area contributed by atoms with Gasteiger partial charge in [-0.05, 0) is 47.8 Å². The van der Waals surface area contributed by atoms with Crippen LogP contribution in [0.4, 0.5) is 0 Å². The van der Waals surface area contributed by atoms with Gasteiger partial charge in [0.25, 0.3) is 0 Å². The van der Waals surface area contributed by atoms with E-state index in [0.717, 1.165) is 29.5 Å². The lowest BCUT2D eigenvalue weighted by Gasteiger charge is -2.16. The van der Waals surface area contributed by atoms with E-state index in [1.807, 2.05) is 12.1 Å². The maximum Gasteiger partial charge on any atom is 0.306 e. The molecule has 0 heterocycles. The molecular weight excluding hydrogens is 288 g/mol. The number of esters is 1. The Morgan fingerprint density at radius 3 is 2.13 bits per heavy atom. The third kappa shape index (κ3) is 6.89. The maximum absolute atomic E-state index is 11.6. The maximum atomic E-state index is 11.6. The third-order valence-corrected chi connectivity index (χ3v) is 3.56. The summed E-state index contributed by atoms with van der Waals surface area (Å²) in [5.41, 5.74) is 3.05. The second-order valence-corrected chi connectivity index (χ2v) is 6.93. The fourth-order valence-corrected chi connectivity index (χ4v) is 2.64. The average molecular weight is 318 g/mol. The normalized spacial score (nSPS) is 11.0. The molecule has 1 aromatic carbocycles. The zero-order chi connectivity index (χ0) is 17.4. The monoisotopic (exact) mass is 318 g/mol. The molecule has 0 atom stereocenters. The first-order valence-electron chi connectivity index (χ1n) is 8.43. The van der Waals surface area contributed by atoms with Gasteiger partial charge in [-0.1, -0.05) is 52.5 Å². The number of carbonyl (C=O) groups is 1. The number of benzene rings is 1. The van der Waals surface area contributed by atoms with Crippen LogP contribution in [0, 0.1) is 11.8 Å². The average Bonchev–Trinajstić information content (AvgIpc) is 2.46. The van der Waals surface area contributed by atoms with Crippen molar-refractivity contribution in [2.75, 3.05) is 6.61 Å². The van der Waals surface area contributed by atoms with Crippen LogP contribution in [0.2, 0.25) is 0 Å². The van der Waals surface area contributed by atoms with Crippen LogP contribution in [0.1, 0.15) is 50.8 Å². The Labute approximate surface area is 140 Å². The van der Waals surface area contributed by atoms with Crippen molar-refractivity contribution in [3.05, 3.63) is 41.5 Å². The van der Waals surface area contributed by atoms with Crippen molar-refractivity contribution >= 4 is 5.97 Å². The topological polar surface area (TPSA) is 46.5 Å². The van der Waals surface area contributed by atoms with Gasteiger partial charge in [-0.2, -0.15) is 0 Å². The summed E-state index contributed by atoms with van der Waals surface area (Å²) in [6, 6.07) is 4.06. The van der Waals surface area contributed by atoms with Crippen molar-refractivity contribution in [2.45, 2.75) is 53.4 Å². The van der Waals surface area contributed by atoms with Gasteiger partial charge >= 0.3 is 5.97 Å². The standard InChI is InChI=1S/C20H30O3/c1-6-9-23-19(21)8-7-16-12-17(10-14(2)3)20(22)18(13-16)11-15(4)5/h6,12-15,22H,1,7-11H2,2-5H3. The molecule has 0 unspecified atom stereocenters. The second-order valence-electron chi connectivity index (χ2n) is 6.93. The Kier molecular flexibility index (Phi) is 7.87. The van der Waals surface area contributed by atoms with Gasteiger partial charge in [0.2, 0.25) is 0 Å². The summed E-state index contributed by atoms with van der Waals surface area (Å²) in [5.74, 6) is 1.15. The summed E-state index contributed by atoms with van der Waals surface area (Å²) >= 11 is 0. The molecule has 3 heteroatoms. The van der Waals surface area contributed by atoms with Crippen LogP contribution in [-0.4, -0.2) is 17.7 Å². The first kappa shape index (κ1) is 19.3. The van der Waals surface area contributed by atoms with Gasteiger partial charge in [-0.25, -0.2) is 0 Å². The van der Waals surface area contributed by atoms with Crippen molar-refractivity contribution in [3.63, 3.8) is 0 Å². The molecule has 0 amide bonds.